The van der Waals surface area contributed by atoms with Crippen LogP contribution in [0.2, 0.25) is 0 Å². The molecule has 0 aromatic heterocycles. The Balaban J connectivity index is 1.50. The molecule has 174 valence electrons. The van der Waals surface area contributed by atoms with Crippen molar-refractivity contribution in [3.8, 4) is 0 Å². The topological polar surface area (TPSA) is 35.5 Å². The highest BCUT2D eigenvalue weighted by molar-refractivity contribution is 5.69. The van der Waals surface area contributed by atoms with Gasteiger partial charge in [0.2, 0.25) is 0 Å². The highest BCUT2D eigenvalue weighted by Crippen LogP contribution is 2.86. The first-order valence-electron chi connectivity index (χ1n) is 12.8. The van der Waals surface area contributed by atoms with Crippen LogP contribution in [0.5, 0.6) is 0 Å². The molecule has 0 saturated heterocycles. The van der Waals surface area contributed by atoms with E-state index in [0.29, 0.717) is 29.3 Å². The molecule has 4 saturated carbocycles. The molecule has 31 heavy (non-hydrogen) atoms. The van der Waals surface area contributed by atoms with Crippen LogP contribution in [0, 0.1) is 38.9 Å². The Hall–Kier alpha value is -0.830. The van der Waals surface area contributed by atoms with E-state index in [2.05, 4.69) is 34.6 Å². The molecule has 4 fully saturated rings. The third kappa shape index (κ3) is 2.48. The fraction of sp³-hybridized carbons (Fsp3) is 0.893. The SMILES string of the molecule is COC(=O)C[C@@H](C)[C@]1(C)CCC2=C3CC[C@H]4C(C)(C)[C@H](OC)CC[C@@]45C[C@@]35CC[C@@]21C. The molecular weight excluding hydrogens is 384 g/mol. The van der Waals surface area contributed by atoms with Crippen molar-refractivity contribution in [2.75, 3.05) is 14.2 Å². The molecule has 0 N–H and O–H groups in total. The first-order chi connectivity index (χ1) is 14.5. The quantitative estimate of drug-likeness (QED) is 0.369. The Morgan fingerprint density at radius 1 is 1.00 bits per heavy atom. The lowest BCUT2D eigenvalue weighted by atomic mass is 9.48. The minimum atomic E-state index is -0.0514. The largest absolute Gasteiger partial charge is 0.469 e. The van der Waals surface area contributed by atoms with Crippen LogP contribution in [-0.2, 0) is 14.3 Å². The van der Waals surface area contributed by atoms with Crippen molar-refractivity contribution in [2.45, 2.75) is 105 Å². The Labute approximate surface area is 189 Å². The number of fused-ring (bicyclic) bond motifs is 1. The zero-order chi connectivity index (χ0) is 22.4. The Kier molecular flexibility index (Phi) is 4.69. The summed E-state index contributed by atoms with van der Waals surface area (Å²) in [5, 5.41) is 0. The van der Waals surface area contributed by atoms with Crippen molar-refractivity contribution in [1.29, 1.82) is 0 Å². The van der Waals surface area contributed by atoms with E-state index in [1.165, 1.54) is 64.9 Å². The third-order valence-electron chi connectivity index (χ3n) is 12.3. The minimum absolute atomic E-state index is 0.0514. The molecule has 0 aromatic rings. The number of ether oxygens (including phenoxy) is 2. The molecule has 5 rings (SSSR count). The van der Waals surface area contributed by atoms with E-state index in [4.69, 9.17) is 9.47 Å². The lowest BCUT2D eigenvalue weighted by Crippen LogP contribution is -2.51. The summed E-state index contributed by atoms with van der Waals surface area (Å²) in [5.41, 5.74) is 5.47. The maximum absolute atomic E-state index is 12.1. The lowest BCUT2D eigenvalue weighted by Gasteiger charge is -2.57. The number of hydrogen-bond acceptors (Lipinski definition) is 3. The second-order valence-electron chi connectivity index (χ2n) is 13.0. The number of esters is 1. The van der Waals surface area contributed by atoms with Crippen molar-refractivity contribution < 1.29 is 14.3 Å². The average Bonchev–Trinajstić information content (AvgIpc) is 3.31. The van der Waals surface area contributed by atoms with Gasteiger partial charge in [-0.15, -0.1) is 0 Å². The lowest BCUT2D eigenvalue weighted by molar-refractivity contribution is -0.143. The summed E-state index contributed by atoms with van der Waals surface area (Å²) < 4.78 is 11.0. The van der Waals surface area contributed by atoms with E-state index in [-0.39, 0.29) is 22.2 Å². The maximum atomic E-state index is 12.1. The van der Waals surface area contributed by atoms with Crippen LogP contribution < -0.4 is 0 Å². The third-order valence-corrected chi connectivity index (χ3v) is 12.3. The molecule has 2 spiro atoms. The highest BCUT2D eigenvalue weighted by Gasteiger charge is 2.78. The number of rotatable bonds is 4. The molecule has 0 bridgehead atoms. The number of carbonyl (C=O) groups excluding carboxylic acids is 1. The van der Waals surface area contributed by atoms with Crippen LogP contribution in [0.1, 0.15) is 98.8 Å². The van der Waals surface area contributed by atoms with E-state index in [9.17, 15) is 4.79 Å². The Bertz CT molecular complexity index is 826. The fourth-order valence-corrected chi connectivity index (χ4v) is 10.1. The molecule has 5 aliphatic rings. The predicted octanol–water partition coefficient (Wildman–Crippen LogP) is 6.70. The molecule has 3 nitrogen and oxygen atoms in total. The molecule has 0 amide bonds. The van der Waals surface area contributed by atoms with Gasteiger partial charge in [0.1, 0.15) is 0 Å². The molecule has 0 aromatic carbocycles. The number of methoxy groups -OCH3 is 2. The fourth-order valence-electron chi connectivity index (χ4n) is 10.1. The van der Waals surface area contributed by atoms with E-state index < -0.39 is 0 Å². The van der Waals surface area contributed by atoms with Crippen LogP contribution in [0.4, 0.5) is 0 Å². The molecule has 3 heteroatoms. The summed E-state index contributed by atoms with van der Waals surface area (Å²) in [7, 11) is 3.44. The van der Waals surface area contributed by atoms with Gasteiger partial charge in [0, 0.05) is 13.5 Å². The molecule has 0 unspecified atom stereocenters. The summed E-state index contributed by atoms with van der Waals surface area (Å²) in [5.74, 6) is 1.11. The second kappa shape index (κ2) is 6.61. The van der Waals surface area contributed by atoms with Gasteiger partial charge in [0.05, 0.1) is 13.2 Å². The normalized spacial score (nSPS) is 48.2. The van der Waals surface area contributed by atoms with Crippen molar-refractivity contribution in [2.24, 2.45) is 38.9 Å². The van der Waals surface area contributed by atoms with Crippen LogP contribution in [0.15, 0.2) is 11.1 Å². The van der Waals surface area contributed by atoms with E-state index in [0.717, 1.165) is 5.92 Å². The second-order valence-corrected chi connectivity index (χ2v) is 13.0. The summed E-state index contributed by atoms with van der Waals surface area (Å²) in [6.45, 7) is 12.3. The molecule has 5 aliphatic carbocycles. The Morgan fingerprint density at radius 3 is 2.42 bits per heavy atom. The van der Waals surface area contributed by atoms with Crippen LogP contribution in [0.25, 0.3) is 0 Å². The van der Waals surface area contributed by atoms with E-state index in [1.54, 1.807) is 0 Å². The van der Waals surface area contributed by atoms with Gasteiger partial charge >= 0.3 is 5.97 Å². The summed E-state index contributed by atoms with van der Waals surface area (Å²) in [6, 6.07) is 0. The van der Waals surface area contributed by atoms with Crippen LogP contribution >= 0.6 is 0 Å². The average molecular weight is 429 g/mol. The van der Waals surface area contributed by atoms with Gasteiger partial charge in [-0.3, -0.25) is 4.79 Å². The van der Waals surface area contributed by atoms with Gasteiger partial charge in [-0.25, -0.2) is 0 Å². The van der Waals surface area contributed by atoms with Gasteiger partial charge in [0.15, 0.2) is 0 Å². The van der Waals surface area contributed by atoms with E-state index >= 15 is 0 Å². The zero-order valence-electron chi connectivity index (χ0n) is 21.0. The number of carbonyl (C=O) groups is 1. The van der Waals surface area contributed by atoms with Crippen LogP contribution in [0.3, 0.4) is 0 Å². The highest BCUT2D eigenvalue weighted by atomic mass is 16.5. The Morgan fingerprint density at radius 2 is 1.74 bits per heavy atom. The standard InChI is InChI=1S/C28H44O3/c1-18(16-23(29)31-7)25(4)12-10-19-20-8-9-21-24(2,3)22(30-6)11-13-28(21)17-27(20,28)15-14-26(19,25)5/h18,21-22H,8-17H2,1-7H3/t18-,21+,22-,25+,26+,27+,28-/m1/s1. The van der Waals surface area contributed by atoms with E-state index in [1.807, 2.05) is 18.3 Å². The molecule has 0 aliphatic heterocycles. The predicted molar refractivity (Wildman–Crippen MR) is 124 cm³/mol. The summed E-state index contributed by atoms with van der Waals surface area (Å²) in [4.78, 5) is 12.1. The number of allylic oxidation sites excluding steroid dienone is 2. The van der Waals surface area contributed by atoms with Gasteiger partial charge in [-0.1, -0.05) is 45.8 Å². The minimum Gasteiger partial charge on any atom is -0.469 e. The molecule has 0 heterocycles. The smallest absolute Gasteiger partial charge is 0.305 e. The van der Waals surface area contributed by atoms with Crippen LogP contribution in [-0.4, -0.2) is 26.3 Å². The number of hydrogen-bond donors (Lipinski definition) is 0. The molecular formula is C28H44O3. The molecule has 0 radical (unpaired) electrons. The van der Waals surface area contributed by atoms with Gasteiger partial charge in [-0.05, 0) is 96.7 Å². The van der Waals surface area contributed by atoms with Crippen molar-refractivity contribution >= 4 is 5.97 Å². The van der Waals surface area contributed by atoms with Gasteiger partial charge < -0.3 is 9.47 Å². The zero-order valence-corrected chi connectivity index (χ0v) is 21.0. The molecule has 7 atom stereocenters. The van der Waals surface area contributed by atoms with Gasteiger partial charge in [-0.2, -0.15) is 0 Å². The first-order valence-corrected chi connectivity index (χ1v) is 12.8. The monoisotopic (exact) mass is 428 g/mol. The summed E-state index contributed by atoms with van der Waals surface area (Å²) >= 11 is 0. The van der Waals surface area contributed by atoms with Crippen molar-refractivity contribution in [1.82, 2.24) is 0 Å². The van der Waals surface area contributed by atoms with Gasteiger partial charge in [0.25, 0.3) is 0 Å². The maximum Gasteiger partial charge on any atom is 0.305 e. The van der Waals surface area contributed by atoms with Crippen molar-refractivity contribution in [3.63, 3.8) is 0 Å². The first kappa shape index (κ1) is 22.0. The summed E-state index contributed by atoms with van der Waals surface area (Å²) in [6.07, 6.45) is 12.8. The van der Waals surface area contributed by atoms with Crippen molar-refractivity contribution in [3.05, 3.63) is 11.1 Å².